The second kappa shape index (κ2) is 5.76. The van der Waals surface area contributed by atoms with E-state index in [1.165, 1.54) is 0 Å². The lowest BCUT2D eigenvalue weighted by Crippen LogP contribution is -2.44. The number of hydrogen-bond acceptors (Lipinski definition) is 5. The molecule has 25 heavy (non-hydrogen) atoms. The van der Waals surface area contributed by atoms with E-state index in [0.717, 1.165) is 29.7 Å². The molecular formula is C20H21N3O2. The molecule has 2 aliphatic rings. The van der Waals surface area contributed by atoms with Gasteiger partial charge in [0.1, 0.15) is 0 Å². The number of carbonyl (C=O) groups excluding carboxylic acids is 1. The molecular weight excluding hydrogens is 314 g/mol. The average molecular weight is 335 g/mol. The first-order chi connectivity index (χ1) is 12.0. The Bertz CT molecular complexity index is 863. The van der Waals surface area contributed by atoms with Crippen molar-refractivity contribution >= 4 is 5.78 Å². The van der Waals surface area contributed by atoms with E-state index in [1.807, 2.05) is 25.1 Å². The van der Waals surface area contributed by atoms with Crippen LogP contribution in [0.2, 0.25) is 0 Å². The minimum absolute atomic E-state index is 0.00786. The fourth-order valence-electron chi connectivity index (χ4n) is 4.29. The van der Waals surface area contributed by atoms with Crippen LogP contribution in [0.3, 0.4) is 0 Å². The van der Waals surface area contributed by atoms with E-state index in [-0.39, 0.29) is 23.0 Å². The SMILES string of the molecule is COc1nc(-c2ccncc2)nc2c1CC[C@@H]1[C@@H](C)C(=O)C=C[C@@]21C. The lowest BCUT2D eigenvalue weighted by Gasteiger charge is -2.44. The van der Waals surface area contributed by atoms with E-state index in [1.54, 1.807) is 25.6 Å². The highest BCUT2D eigenvalue weighted by Crippen LogP contribution is 2.49. The van der Waals surface area contributed by atoms with Gasteiger partial charge >= 0.3 is 0 Å². The van der Waals surface area contributed by atoms with Crippen molar-refractivity contribution in [3.8, 4) is 17.3 Å². The van der Waals surface area contributed by atoms with Gasteiger partial charge in [-0.2, -0.15) is 4.98 Å². The number of pyridine rings is 1. The Morgan fingerprint density at radius 3 is 2.72 bits per heavy atom. The third kappa shape index (κ3) is 2.37. The highest BCUT2D eigenvalue weighted by molar-refractivity contribution is 5.93. The molecule has 2 heterocycles. The summed E-state index contributed by atoms with van der Waals surface area (Å²) in [4.78, 5) is 25.8. The fraction of sp³-hybridized carbons (Fsp3) is 0.400. The molecule has 0 amide bonds. The highest BCUT2D eigenvalue weighted by Gasteiger charge is 2.47. The van der Waals surface area contributed by atoms with Crippen molar-refractivity contribution in [1.82, 2.24) is 15.0 Å². The smallest absolute Gasteiger partial charge is 0.220 e. The van der Waals surface area contributed by atoms with Crippen molar-refractivity contribution in [3.05, 3.63) is 47.9 Å². The van der Waals surface area contributed by atoms with Crippen molar-refractivity contribution < 1.29 is 9.53 Å². The van der Waals surface area contributed by atoms with E-state index < -0.39 is 0 Å². The lowest BCUT2D eigenvalue weighted by atomic mass is 9.59. The minimum atomic E-state index is -0.279. The molecule has 2 aliphatic carbocycles. The van der Waals surface area contributed by atoms with E-state index in [2.05, 4.69) is 16.9 Å². The summed E-state index contributed by atoms with van der Waals surface area (Å²) in [6, 6.07) is 3.79. The maximum Gasteiger partial charge on any atom is 0.220 e. The molecule has 5 heteroatoms. The Kier molecular flexibility index (Phi) is 3.67. The zero-order valence-electron chi connectivity index (χ0n) is 14.7. The van der Waals surface area contributed by atoms with E-state index >= 15 is 0 Å². The molecule has 2 aromatic rings. The number of rotatable bonds is 2. The topological polar surface area (TPSA) is 65.0 Å². The van der Waals surface area contributed by atoms with E-state index in [0.29, 0.717) is 11.7 Å². The number of nitrogens with zero attached hydrogens (tertiary/aromatic N) is 3. The number of ketones is 1. The molecule has 0 N–H and O–H groups in total. The lowest BCUT2D eigenvalue weighted by molar-refractivity contribution is -0.120. The Morgan fingerprint density at radius 2 is 2.00 bits per heavy atom. The van der Waals surface area contributed by atoms with Crippen LogP contribution in [0.25, 0.3) is 11.4 Å². The van der Waals surface area contributed by atoms with Gasteiger partial charge in [-0.1, -0.05) is 19.9 Å². The van der Waals surface area contributed by atoms with Gasteiger partial charge in [0.05, 0.1) is 12.8 Å². The fourth-order valence-corrected chi connectivity index (χ4v) is 4.29. The second-order valence-electron chi connectivity index (χ2n) is 7.07. The molecule has 5 nitrogen and oxygen atoms in total. The number of ether oxygens (including phenoxy) is 1. The first kappa shape index (κ1) is 15.9. The van der Waals surface area contributed by atoms with Crippen LogP contribution in [0.15, 0.2) is 36.7 Å². The Morgan fingerprint density at radius 1 is 1.24 bits per heavy atom. The van der Waals surface area contributed by atoms with Crippen LogP contribution in [-0.4, -0.2) is 27.8 Å². The van der Waals surface area contributed by atoms with Crippen LogP contribution in [0.5, 0.6) is 5.88 Å². The Labute approximate surface area is 147 Å². The van der Waals surface area contributed by atoms with Crippen LogP contribution in [-0.2, 0) is 16.6 Å². The molecule has 0 fully saturated rings. The van der Waals surface area contributed by atoms with Crippen molar-refractivity contribution in [2.75, 3.05) is 7.11 Å². The summed E-state index contributed by atoms with van der Waals surface area (Å²) in [7, 11) is 1.65. The molecule has 0 spiro atoms. The number of hydrogen-bond donors (Lipinski definition) is 0. The van der Waals surface area contributed by atoms with Crippen LogP contribution < -0.4 is 4.74 Å². The molecule has 3 atom stereocenters. The molecule has 0 aromatic carbocycles. The molecule has 2 aromatic heterocycles. The monoisotopic (exact) mass is 335 g/mol. The third-order valence-corrected chi connectivity index (χ3v) is 5.73. The van der Waals surface area contributed by atoms with E-state index in [4.69, 9.17) is 9.72 Å². The second-order valence-corrected chi connectivity index (χ2v) is 7.07. The molecule has 128 valence electrons. The highest BCUT2D eigenvalue weighted by atomic mass is 16.5. The minimum Gasteiger partial charge on any atom is -0.481 e. The zero-order chi connectivity index (χ0) is 17.6. The first-order valence-electron chi connectivity index (χ1n) is 8.63. The number of aromatic nitrogens is 3. The summed E-state index contributed by atoms with van der Waals surface area (Å²) in [5.41, 5.74) is 2.67. The maximum absolute atomic E-state index is 12.2. The summed E-state index contributed by atoms with van der Waals surface area (Å²) in [5, 5.41) is 0. The van der Waals surface area contributed by atoms with Crippen molar-refractivity contribution in [3.63, 3.8) is 0 Å². The van der Waals surface area contributed by atoms with Crippen molar-refractivity contribution in [2.24, 2.45) is 11.8 Å². The largest absolute Gasteiger partial charge is 0.481 e. The van der Waals surface area contributed by atoms with Gasteiger partial charge in [-0.05, 0) is 37.0 Å². The number of methoxy groups -OCH3 is 1. The normalized spacial score (nSPS) is 27.6. The van der Waals surface area contributed by atoms with Gasteiger partial charge in [0.15, 0.2) is 11.6 Å². The van der Waals surface area contributed by atoms with Gasteiger partial charge in [-0.15, -0.1) is 0 Å². The Hall–Kier alpha value is -2.56. The maximum atomic E-state index is 12.2. The molecule has 0 radical (unpaired) electrons. The summed E-state index contributed by atoms with van der Waals surface area (Å²) in [6.07, 6.45) is 8.99. The van der Waals surface area contributed by atoms with Crippen LogP contribution in [0.4, 0.5) is 0 Å². The van der Waals surface area contributed by atoms with Gasteiger partial charge in [0.2, 0.25) is 5.88 Å². The molecule has 0 bridgehead atoms. The van der Waals surface area contributed by atoms with Crippen LogP contribution >= 0.6 is 0 Å². The standard InChI is InChI=1S/C20H21N3O2/c1-12-15-5-4-14-17(20(15,2)9-6-16(12)24)22-18(23-19(14)25-3)13-7-10-21-11-8-13/h6-12,15H,4-5H2,1-3H3/t12-,15-,20-/m1/s1. The average Bonchev–Trinajstić information content (AvgIpc) is 2.65. The summed E-state index contributed by atoms with van der Waals surface area (Å²) >= 11 is 0. The summed E-state index contributed by atoms with van der Waals surface area (Å²) in [5.74, 6) is 1.74. The number of carbonyl (C=O) groups is 1. The Balaban J connectivity index is 1.94. The molecule has 0 aliphatic heterocycles. The van der Waals surface area contributed by atoms with Crippen LogP contribution in [0, 0.1) is 11.8 Å². The van der Waals surface area contributed by atoms with Gasteiger partial charge in [0.25, 0.3) is 0 Å². The van der Waals surface area contributed by atoms with Crippen LogP contribution in [0.1, 0.15) is 31.5 Å². The third-order valence-electron chi connectivity index (χ3n) is 5.73. The van der Waals surface area contributed by atoms with Gasteiger partial charge < -0.3 is 4.74 Å². The quantitative estimate of drug-likeness (QED) is 0.843. The predicted octanol–water partition coefficient (Wildman–Crippen LogP) is 3.14. The zero-order valence-corrected chi connectivity index (χ0v) is 14.7. The molecule has 0 unspecified atom stereocenters. The van der Waals surface area contributed by atoms with Gasteiger partial charge in [0, 0.05) is 34.9 Å². The number of fused-ring (bicyclic) bond motifs is 3. The van der Waals surface area contributed by atoms with E-state index in [9.17, 15) is 4.79 Å². The van der Waals surface area contributed by atoms with Gasteiger partial charge in [-0.3, -0.25) is 9.78 Å². The molecule has 4 rings (SSSR count). The van der Waals surface area contributed by atoms with Crippen molar-refractivity contribution in [2.45, 2.75) is 32.1 Å². The van der Waals surface area contributed by atoms with Crippen molar-refractivity contribution in [1.29, 1.82) is 0 Å². The number of allylic oxidation sites excluding steroid dienone is 2. The summed E-state index contributed by atoms with van der Waals surface area (Å²) < 4.78 is 5.59. The first-order valence-corrected chi connectivity index (χ1v) is 8.63. The predicted molar refractivity (Wildman–Crippen MR) is 94.3 cm³/mol. The molecule has 0 saturated heterocycles. The summed E-state index contributed by atoms with van der Waals surface area (Å²) in [6.45, 7) is 4.21. The van der Waals surface area contributed by atoms with Gasteiger partial charge in [-0.25, -0.2) is 4.98 Å². The molecule has 0 saturated carbocycles.